The first-order valence-corrected chi connectivity index (χ1v) is 16.3. The summed E-state index contributed by atoms with van der Waals surface area (Å²) in [5.74, 6) is 0. The van der Waals surface area contributed by atoms with Crippen molar-refractivity contribution in [3.8, 4) is 51.8 Å². The molecule has 0 atom stereocenters. The molecule has 0 N–H and O–H groups in total. The maximum atomic E-state index is 10.7. The van der Waals surface area contributed by atoms with Crippen LogP contribution in [0.4, 0.5) is 0 Å². The number of para-hydroxylation sites is 3. The van der Waals surface area contributed by atoms with Crippen LogP contribution in [0, 0.1) is 34.0 Å². The summed E-state index contributed by atoms with van der Waals surface area (Å²) in [6, 6.07) is 58.0. The van der Waals surface area contributed by atoms with Gasteiger partial charge in [-0.1, -0.05) is 97.1 Å². The summed E-state index contributed by atoms with van der Waals surface area (Å²) in [6.45, 7) is 0. The average molecular weight is 636 g/mol. The second-order valence-corrected chi connectivity index (χ2v) is 12.3. The van der Waals surface area contributed by atoms with E-state index in [9.17, 15) is 15.8 Å². The predicted octanol–water partition coefficient (Wildman–Crippen LogP) is 10.8. The Labute approximate surface area is 287 Å². The van der Waals surface area contributed by atoms with Crippen LogP contribution in [0.1, 0.15) is 16.7 Å². The lowest BCUT2D eigenvalue weighted by Gasteiger charge is -2.19. The Kier molecular flexibility index (Phi) is 6.56. The molecule has 0 aliphatic rings. The van der Waals surface area contributed by atoms with E-state index in [0.29, 0.717) is 22.4 Å². The van der Waals surface area contributed by atoms with Gasteiger partial charge in [0.25, 0.3) is 0 Å². The molecule has 7 aromatic carbocycles. The van der Waals surface area contributed by atoms with E-state index in [2.05, 4.69) is 112 Å². The first-order chi connectivity index (χ1) is 24.7. The molecule has 0 aliphatic carbocycles. The van der Waals surface area contributed by atoms with Gasteiger partial charge in [-0.3, -0.25) is 0 Å². The molecule has 0 radical (unpaired) electrons. The summed E-state index contributed by atoms with van der Waals surface area (Å²) in [5, 5.41) is 34.8. The zero-order valence-electron chi connectivity index (χ0n) is 26.7. The summed E-state index contributed by atoms with van der Waals surface area (Å²) >= 11 is 0. The second-order valence-electron chi connectivity index (χ2n) is 12.3. The Bertz CT molecular complexity index is 2920. The highest BCUT2D eigenvalue weighted by Crippen LogP contribution is 2.42. The van der Waals surface area contributed by atoms with E-state index in [0.717, 1.165) is 60.8 Å². The normalized spacial score (nSPS) is 11.1. The van der Waals surface area contributed by atoms with Crippen LogP contribution >= 0.6 is 0 Å². The van der Waals surface area contributed by atoms with Crippen molar-refractivity contribution in [3.63, 3.8) is 0 Å². The van der Waals surface area contributed by atoms with Crippen molar-refractivity contribution < 1.29 is 0 Å². The monoisotopic (exact) mass is 635 g/mol. The van der Waals surface area contributed by atoms with Gasteiger partial charge in [0.05, 0.1) is 50.5 Å². The minimum absolute atomic E-state index is 0.297. The van der Waals surface area contributed by atoms with Crippen LogP contribution in [-0.2, 0) is 0 Å². The van der Waals surface area contributed by atoms with Crippen LogP contribution in [-0.4, -0.2) is 9.13 Å². The first kappa shape index (κ1) is 28.8. The van der Waals surface area contributed by atoms with Gasteiger partial charge in [0.2, 0.25) is 0 Å². The quantitative estimate of drug-likeness (QED) is 0.193. The van der Waals surface area contributed by atoms with Gasteiger partial charge in [-0.25, -0.2) is 0 Å². The molecule has 9 aromatic rings. The molecular formula is C45H25N5. The predicted molar refractivity (Wildman–Crippen MR) is 200 cm³/mol. The van der Waals surface area contributed by atoms with Crippen molar-refractivity contribution >= 4 is 43.6 Å². The molecular weight excluding hydrogens is 611 g/mol. The summed E-state index contributed by atoms with van der Waals surface area (Å²) in [5.41, 5.74) is 10.6. The highest BCUT2D eigenvalue weighted by Gasteiger charge is 2.23. The number of nitriles is 3. The number of nitrogens with zero attached hydrogens (tertiary/aromatic N) is 5. The Hall–Kier alpha value is -7.39. The SMILES string of the molecule is N#Cc1ccc2c(c1)c1ccccc1n2-c1c(-c2ccccc2-c2cccc(-n3c4ccccc4c4ccccc43)c2)ccc(C#N)c1C#N. The lowest BCUT2D eigenvalue weighted by molar-refractivity contribution is 1.16. The molecule has 9 rings (SSSR count). The largest absolute Gasteiger partial charge is 0.309 e. The molecule has 5 nitrogen and oxygen atoms in total. The highest BCUT2D eigenvalue weighted by molar-refractivity contribution is 6.11. The summed E-state index contributed by atoms with van der Waals surface area (Å²) < 4.78 is 4.39. The Balaban J connectivity index is 1.32. The van der Waals surface area contributed by atoms with Gasteiger partial charge in [0, 0.05) is 32.8 Å². The van der Waals surface area contributed by atoms with E-state index in [1.807, 2.05) is 54.6 Å². The fraction of sp³-hybridized carbons (Fsp3) is 0. The topological polar surface area (TPSA) is 81.2 Å². The Morgan fingerprint density at radius 3 is 1.66 bits per heavy atom. The van der Waals surface area contributed by atoms with E-state index < -0.39 is 0 Å². The first-order valence-electron chi connectivity index (χ1n) is 16.3. The second kappa shape index (κ2) is 11.4. The third-order valence-electron chi connectivity index (χ3n) is 9.65. The van der Waals surface area contributed by atoms with Crippen molar-refractivity contribution in [1.82, 2.24) is 9.13 Å². The molecule has 230 valence electrons. The molecule has 0 bridgehead atoms. The molecule has 0 unspecified atom stereocenters. The van der Waals surface area contributed by atoms with Crippen LogP contribution in [0.2, 0.25) is 0 Å². The van der Waals surface area contributed by atoms with E-state index in [1.54, 1.807) is 12.1 Å². The zero-order chi connectivity index (χ0) is 33.8. The highest BCUT2D eigenvalue weighted by atomic mass is 15.0. The van der Waals surface area contributed by atoms with Gasteiger partial charge in [-0.05, 0) is 71.3 Å². The number of rotatable bonds is 4. The van der Waals surface area contributed by atoms with Gasteiger partial charge in [-0.2, -0.15) is 15.8 Å². The van der Waals surface area contributed by atoms with Crippen LogP contribution in [0.15, 0.2) is 152 Å². The third-order valence-corrected chi connectivity index (χ3v) is 9.65. The lowest BCUT2D eigenvalue weighted by atomic mass is 9.90. The van der Waals surface area contributed by atoms with Gasteiger partial charge in [0.1, 0.15) is 12.1 Å². The van der Waals surface area contributed by atoms with Gasteiger partial charge < -0.3 is 9.13 Å². The molecule has 0 amide bonds. The van der Waals surface area contributed by atoms with E-state index in [-0.39, 0.29) is 0 Å². The van der Waals surface area contributed by atoms with Crippen LogP contribution in [0.25, 0.3) is 77.2 Å². The minimum atomic E-state index is 0.297. The molecule has 0 aliphatic heterocycles. The van der Waals surface area contributed by atoms with E-state index >= 15 is 0 Å². The molecule has 0 saturated heterocycles. The number of fused-ring (bicyclic) bond motifs is 6. The van der Waals surface area contributed by atoms with Crippen molar-refractivity contribution in [2.75, 3.05) is 0 Å². The number of benzene rings is 7. The van der Waals surface area contributed by atoms with Gasteiger partial charge in [0.15, 0.2) is 0 Å². The van der Waals surface area contributed by atoms with Crippen molar-refractivity contribution in [2.45, 2.75) is 0 Å². The van der Waals surface area contributed by atoms with Gasteiger partial charge in [-0.15, -0.1) is 0 Å². The molecule has 5 heteroatoms. The molecule has 0 spiro atoms. The fourth-order valence-electron chi connectivity index (χ4n) is 7.51. The van der Waals surface area contributed by atoms with Gasteiger partial charge >= 0.3 is 0 Å². The lowest BCUT2D eigenvalue weighted by Crippen LogP contribution is -2.04. The fourth-order valence-corrected chi connectivity index (χ4v) is 7.51. The minimum Gasteiger partial charge on any atom is -0.309 e. The van der Waals surface area contributed by atoms with E-state index in [1.165, 1.54) is 10.8 Å². The van der Waals surface area contributed by atoms with Crippen molar-refractivity contribution in [2.24, 2.45) is 0 Å². The molecule has 0 fully saturated rings. The van der Waals surface area contributed by atoms with Crippen molar-refractivity contribution in [1.29, 1.82) is 15.8 Å². The standard InChI is InChI=1S/C45H25N5/c46-26-29-20-23-44-39(24-29)37-16-5-8-19-43(37)50(44)45-38(22-21-31(27-47)40(45)28-48)34-13-2-1-12-33(34)30-10-9-11-32(25-30)49-41-17-6-3-14-35(41)36-15-4-7-18-42(36)49/h1-25H. The third kappa shape index (κ3) is 4.24. The Morgan fingerprint density at radius 1 is 0.400 bits per heavy atom. The summed E-state index contributed by atoms with van der Waals surface area (Å²) in [4.78, 5) is 0. The van der Waals surface area contributed by atoms with Crippen molar-refractivity contribution in [3.05, 3.63) is 168 Å². The van der Waals surface area contributed by atoms with Crippen LogP contribution in [0.3, 0.4) is 0 Å². The molecule has 0 saturated carbocycles. The smallest absolute Gasteiger partial charge is 0.103 e. The molecule has 50 heavy (non-hydrogen) atoms. The van der Waals surface area contributed by atoms with Crippen LogP contribution in [0.5, 0.6) is 0 Å². The maximum Gasteiger partial charge on any atom is 0.103 e. The number of hydrogen-bond donors (Lipinski definition) is 0. The molecule has 2 heterocycles. The summed E-state index contributed by atoms with van der Waals surface area (Å²) in [6.07, 6.45) is 0. The molecule has 2 aromatic heterocycles. The number of aromatic nitrogens is 2. The van der Waals surface area contributed by atoms with E-state index in [4.69, 9.17) is 0 Å². The zero-order valence-corrected chi connectivity index (χ0v) is 26.7. The average Bonchev–Trinajstić information content (AvgIpc) is 3.69. The van der Waals surface area contributed by atoms with Crippen LogP contribution < -0.4 is 0 Å². The number of hydrogen-bond acceptors (Lipinski definition) is 3. The maximum absolute atomic E-state index is 10.7. The Morgan fingerprint density at radius 2 is 1.00 bits per heavy atom. The summed E-state index contributed by atoms with van der Waals surface area (Å²) in [7, 11) is 0.